The van der Waals surface area contributed by atoms with Gasteiger partial charge in [-0.05, 0) is 49.9 Å². The van der Waals surface area contributed by atoms with Crippen molar-refractivity contribution in [3.63, 3.8) is 0 Å². The molecule has 0 heterocycles. The predicted octanol–water partition coefficient (Wildman–Crippen LogP) is 2.50. The van der Waals surface area contributed by atoms with Crippen LogP contribution in [0.3, 0.4) is 0 Å². The molecule has 2 aromatic rings. The first-order valence-electron chi connectivity index (χ1n) is 6.59. The van der Waals surface area contributed by atoms with Crippen LogP contribution in [0.4, 0.5) is 10.1 Å². The summed E-state index contributed by atoms with van der Waals surface area (Å²) < 4.78 is 66.6. The van der Waals surface area contributed by atoms with E-state index in [-0.39, 0.29) is 15.6 Å². The minimum atomic E-state index is -4.24. The molecule has 0 aliphatic carbocycles. The normalized spacial score (nSPS) is 12.2. The molecule has 0 aromatic heterocycles. The monoisotopic (exact) mass is 392 g/mol. The highest BCUT2D eigenvalue weighted by molar-refractivity contribution is 7.92. The molecule has 0 fully saturated rings. The highest BCUT2D eigenvalue weighted by Crippen LogP contribution is 2.24. The second-order valence-corrected chi connectivity index (χ2v) is 8.81. The van der Waals surface area contributed by atoms with Gasteiger partial charge >= 0.3 is 0 Å². The van der Waals surface area contributed by atoms with Crippen LogP contribution in [0.2, 0.25) is 5.02 Å². The fourth-order valence-electron chi connectivity index (χ4n) is 1.97. The van der Waals surface area contributed by atoms with E-state index in [9.17, 15) is 21.2 Å². The van der Waals surface area contributed by atoms with Crippen molar-refractivity contribution < 1.29 is 21.2 Å². The predicted molar refractivity (Wildman–Crippen MR) is 89.6 cm³/mol. The van der Waals surface area contributed by atoms with E-state index in [0.717, 1.165) is 18.2 Å². The summed E-state index contributed by atoms with van der Waals surface area (Å²) >= 11 is 5.60. The van der Waals surface area contributed by atoms with Gasteiger partial charge in [0.2, 0.25) is 10.0 Å². The Morgan fingerprint density at radius 3 is 2.21 bits per heavy atom. The molecule has 130 valence electrons. The van der Waals surface area contributed by atoms with Crippen LogP contribution in [-0.4, -0.2) is 23.9 Å². The van der Waals surface area contributed by atoms with Gasteiger partial charge in [-0.25, -0.2) is 25.9 Å². The number of anilines is 1. The zero-order valence-electron chi connectivity index (χ0n) is 12.7. The van der Waals surface area contributed by atoms with Crippen LogP contribution in [0.5, 0.6) is 0 Å². The molecule has 24 heavy (non-hydrogen) atoms. The Balaban J connectivity index is 2.46. The highest BCUT2D eigenvalue weighted by atomic mass is 35.5. The summed E-state index contributed by atoms with van der Waals surface area (Å²) in [5.41, 5.74) is 0.425. The Morgan fingerprint density at radius 2 is 1.62 bits per heavy atom. The van der Waals surface area contributed by atoms with Gasteiger partial charge in [0.05, 0.1) is 10.6 Å². The third-order valence-corrected chi connectivity index (χ3v) is 6.39. The molecule has 2 aromatic carbocycles. The quantitative estimate of drug-likeness (QED) is 0.817. The maximum Gasteiger partial charge on any atom is 0.264 e. The van der Waals surface area contributed by atoms with Crippen molar-refractivity contribution in [2.45, 2.75) is 16.7 Å². The van der Waals surface area contributed by atoms with Gasteiger partial charge in [-0.2, -0.15) is 0 Å². The van der Waals surface area contributed by atoms with Gasteiger partial charge in [-0.15, -0.1) is 0 Å². The maximum absolute atomic E-state index is 13.8. The zero-order valence-corrected chi connectivity index (χ0v) is 15.1. The molecule has 0 radical (unpaired) electrons. The van der Waals surface area contributed by atoms with Gasteiger partial charge < -0.3 is 0 Å². The summed E-state index contributed by atoms with van der Waals surface area (Å²) in [7, 11) is -6.76. The topological polar surface area (TPSA) is 92.3 Å². The van der Waals surface area contributed by atoms with Crippen LogP contribution in [0, 0.1) is 12.7 Å². The van der Waals surface area contributed by atoms with E-state index < -0.39 is 30.8 Å². The number of aryl methyl sites for hydroxylation is 1. The first-order valence-corrected chi connectivity index (χ1v) is 9.93. The van der Waals surface area contributed by atoms with Gasteiger partial charge in [-0.3, -0.25) is 4.72 Å². The molecule has 0 unspecified atom stereocenters. The summed E-state index contributed by atoms with van der Waals surface area (Å²) in [6.07, 6.45) is 0. The fourth-order valence-corrected chi connectivity index (χ4v) is 4.23. The molecule has 0 aliphatic rings. The number of halogens is 2. The molecule has 10 heteroatoms. The largest absolute Gasteiger partial charge is 0.279 e. The molecule has 6 nitrogen and oxygen atoms in total. The molecule has 2 rings (SSSR count). The molecule has 0 saturated carbocycles. The smallest absolute Gasteiger partial charge is 0.264 e. The van der Waals surface area contributed by atoms with Crippen LogP contribution in [0.15, 0.2) is 46.2 Å². The lowest BCUT2D eigenvalue weighted by atomic mass is 10.2. The maximum atomic E-state index is 13.8. The number of benzene rings is 2. The summed E-state index contributed by atoms with van der Waals surface area (Å²) in [4.78, 5) is -0.674. The summed E-state index contributed by atoms with van der Waals surface area (Å²) in [5.74, 6) is -1.01. The lowest BCUT2D eigenvalue weighted by molar-refractivity contribution is 0.570. The van der Waals surface area contributed by atoms with Crippen molar-refractivity contribution in [1.29, 1.82) is 0 Å². The summed E-state index contributed by atoms with van der Waals surface area (Å²) in [6, 6.07) is 7.13. The Hall–Kier alpha value is -1.68. The van der Waals surface area contributed by atoms with Crippen molar-refractivity contribution >= 4 is 37.3 Å². The number of nitrogens with one attached hydrogen (secondary N) is 2. The van der Waals surface area contributed by atoms with E-state index in [0.29, 0.717) is 5.56 Å². The van der Waals surface area contributed by atoms with Crippen molar-refractivity contribution in [1.82, 2.24) is 4.72 Å². The van der Waals surface area contributed by atoms with Gasteiger partial charge in [-0.1, -0.05) is 17.7 Å². The third kappa shape index (κ3) is 3.86. The van der Waals surface area contributed by atoms with Crippen molar-refractivity contribution in [2.75, 3.05) is 11.8 Å². The minimum absolute atomic E-state index is 0.0104. The van der Waals surface area contributed by atoms with Crippen molar-refractivity contribution in [2.24, 2.45) is 0 Å². The van der Waals surface area contributed by atoms with Crippen LogP contribution >= 0.6 is 11.6 Å². The molecule has 0 amide bonds. The first kappa shape index (κ1) is 18.7. The standard InChI is InChI=1S/C14H14ClFN2O4S2/c1-9-3-5-11(8-14(9)23(19,20)17-2)18-24(21,22)13-6-4-10(15)7-12(13)16/h3-8,17-18H,1-2H3. The number of rotatable bonds is 5. The number of sulfonamides is 2. The van der Waals surface area contributed by atoms with Gasteiger partial charge in [0, 0.05) is 5.02 Å². The Kier molecular flexibility index (Phi) is 5.19. The average molecular weight is 393 g/mol. The third-order valence-electron chi connectivity index (χ3n) is 3.18. The summed E-state index contributed by atoms with van der Waals surface area (Å²) in [5, 5.41) is 0.0594. The van der Waals surface area contributed by atoms with Gasteiger partial charge in [0.1, 0.15) is 10.7 Å². The molecular formula is C14H14ClFN2O4S2. The lowest BCUT2D eigenvalue weighted by Gasteiger charge is -2.12. The SMILES string of the molecule is CNS(=O)(=O)c1cc(NS(=O)(=O)c2ccc(Cl)cc2F)ccc1C. The highest BCUT2D eigenvalue weighted by Gasteiger charge is 2.21. The molecule has 0 bridgehead atoms. The van der Waals surface area contributed by atoms with E-state index in [1.54, 1.807) is 6.92 Å². The Labute approximate surface area is 144 Å². The molecule has 0 saturated heterocycles. The average Bonchev–Trinajstić information content (AvgIpc) is 2.48. The van der Waals surface area contributed by atoms with E-state index in [2.05, 4.69) is 9.44 Å². The van der Waals surface area contributed by atoms with Crippen molar-refractivity contribution in [3.8, 4) is 0 Å². The van der Waals surface area contributed by atoms with Gasteiger partial charge in [0.25, 0.3) is 10.0 Å². The molecule has 0 atom stereocenters. The Morgan fingerprint density at radius 1 is 0.958 bits per heavy atom. The van der Waals surface area contributed by atoms with Crippen LogP contribution in [0.25, 0.3) is 0 Å². The number of hydrogen-bond acceptors (Lipinski definition) is 4. The van der Waals surface area contributed by atoms with Crippen LogP contribution in [0.1, 0.15) is 5.56 Å². The van der Waals surface area contributed by atoms with Crippen LogP contribution in [-0.2, 0) is 20.0 Å². The molecule has 0 aliphatic heterocycles. The first-order chi connectivity index (χ1) is 11.1. The van der Waals surface area contributed by atoms with E-state index in [1.165, 1.54) is 25.2 Å². The van der Waals surface area contributed by atoms with E-state index in [4.69, 9.17) is 11.6 Å². The second kappa shape index (κ2) is 6.67. The van der Waals surface area contributed by atoms with Gasteiger partial charge in [0.15, 0.2) is 0 Å². The van der Waals surface area contributed by atoms with E-state index >= 15 is 0 Å². The fraction of sp³-hybridized carbons (Fsp3) is 0.143. The lowest BCUT2D eigenvalue weighted by Crippen LogP contribution is -2.20. The van der Waals surface area contributed by atoms with Crippen LogP contribution < -0.4 is 9.44 Å². The Bertz CT molecular complexity index is 992. The van der Waals surface area contributed by atoms with E-state index in [1.807, 2.05) is 0 Å². The second-order valence-electron chi connectivity index (χ2n) is 4.87. The minimum Gasteiger partial charge on any atom is -0.279 e. The molecule has 2 N–H and O–H groups in total. The number of hydrogen-bond donors (Lipinski definition) is 2. The zero-order chi connectivity index (χ0) is 18.1. The molecule has 0 spiro atoms. The summed E-state index contributed by atoms with van der Waals surface area (Å²) in [6.45, 7) is 1.57. The van der Waals surface area contributed by atoms with Crippen molar-refractivity contribution in [3.05, 3.63) is 52.8 Å². The molecular weight excluding hydrogens is 379 g/mol.